The summed E-state index contributed by atoms with van der Waals surface area (Å²) < 4.78 is 26.3. The van der Waals surface area contributed by atoms with Crippen molar-refractivity contribution in [1.29, 1.82) is 0 Å². The van der Waals surface area contributed by atoms with Gasteiger partial charge in [0.05, 0.1) is 11.9 Å². The number of nitrogens with zero attached hydrogens (tertiary/aromatic N) is 2. The van der Waals surface area contributed by atoms with Gasteiger partial charge >= 0.3 is 0 Å². The molecule has 0 bridgehead atoms. The Balaban J connectivity index is 2.37. The lowest BCUT2D eigenvalue weighted by Crippen LogP contribution is -2.52. The lowest BCUT2D eigenvalue weighted by molar-refractivity contribution is -0.139. The number of anilines is 1. The molecule has 2 atom stereocenters. The second-order valence-electron chi connectivity index (χ2n) is 8.79. The molecule has 34 heavy (non-hydrogen) atoms. The molecule has 0 spiro atoms. The molecular formula is C26H37N3O4S. The van der Waals surface area contributed by atoms with Gasteiger partial charge in [-0.3, -0.25) is 13.9 Å². The first-order valence-electron chi connectivity index (χ1n) is 11.7. The van der Waals surface area contributed by atoms with Gasteiger partial charge in [0.1, 0.15) is 12.6 Å². The largest absolute Gasteiger partial charge is 0.352 e. The van der Waals surface area contributed by atoms with E-state index in [2.05, 4.69) is 5.32 Å². The fraction of sp³-hybridized carbons (Fsp3) is 0.462. The van der Waals surface area contributed by atoms with Gasteiger partial charge < -0.3 is 10.2 Å². The molecule has 0 saturated heterocycles. The van der Waals surface area contributed by atoms with Crippen molar-refractivity contribution in [3.8, 4) is 0 Å². The second kappa shape index (κ2) is 12.0. The van der Waals surface area contributed by atoms with Crippen molar-refractivity contribution in [3.05, 3.63) is 65.2 Å². The third-order valence-electron chi connectivity index (χ3n) is 5.92. The summed E-state index contributed by atoms with van der Waals surface area (Å²) in [6.45, 7) is 9.33. The molecule has 2 aromatic rings. The van der Waals surface area contributed by atoms with Crippen molar-refractivity contribution in [2.75, 3.05) is 17.1 Å². The Bertz CT molecular complexity index is 1080. The highest BCUT2D eigenvalue weighted by molar-refractivity contribution is 7.92. The monoisotopic (exact) mass is 487 g/mol. The Kier molecular flexibility index (Phi) is 9.67. The number of rotatable bonds is 11. The van der Waals surface area contributed by atoms with Crippen LogP contribution in [0.5, 0.6) is 0 Å². The van der Waals surface area contributed by atoms with Gasteiger partial charge in [0.2, 0.25) is 21.8 Å². The quantitative estimate of drug-likeness (QED) is 0.524. The summed E-state index contributed by atoms with van der Waals surface area (Å²) >= 11 is 0. The minimum Gasteiger partial charge on any atom is -0.352 e. The van der Waals surface area contributed by atoms with Crippen molar-refractivity contribution < 1.29 is 18.0 Å². The van der Waals surface area contributed by atoms with E-state index < -0.39 is 28.5 Å². The highest BCUT2D eigenvalue weighted by Gasteiger charge is 2.30. The van der Waals surface area contributed by atoms with Crippen LogP contribution in [-0.4, -0.2) is 50.0 Å². The summed E-state index contributed by atoms with van der Waals surface area (Å²) in [6, 6.07) is 14.0. The molecule has 0 radical (unpaired) electrons. The highest BCUT2D eigenvalue weighted by atomic mass is 32.2. The van der Waals surface area contributed by atoms with Gasteiger partial charge in [-0.25, -0.2) is 8.42 Å². The molecule has 7 nitrogen and oxygen atoms in total. The van der Waals surface area contributed by atoms with Gasteiger partial charge in [-0.05, 0) is 56.9 Å². The second-order valence-corrected chi connectivity index (χ2v) is 10.7. The van der Waals surface area contributed by atoms with Crippen LogP contribution in [0.3, 0.4) is 0 Å². The smallest absolute Gasteiger partial charge is 0.244 e. The maximum Gasteiger partial charge on any atom is 0.244 e. The topological polar surface area (TPSA) is 86.8 Å². The highest BCUT2D eigenvalue weighted by Crippen LogP contribution is 2.20. The number of aryl methyl sites for hydroxylation is 2. The van der Waals surface area contributed by atoms with E-state index in [1.54, 1.807) is 19.1 Å². The van der Waals surface area contributed by atoms with E-state index in [1.165, 1.54) is 4.90 Å². The zero-order valence-electron chi connectivity index (χ0n) is 21.0. The Morgan fingerprint density at radius 1 is 1.00 bits per heavy atom. The van der Waals surface area contributed by atoms with Crippen LogP contribution < -0.4 is 9.62 Å². The van der Waals surface area contributed by atoms with Gasteiger partial charge in [-0.15, -0.1) is 0 Å². The van der Waals surface area contributed by atoms with Gasteiger partial charge in [-0.1, -0.05) is 55.8 Å². The number of benzene rings is 2. The first kappa shape index (κ1) is 27.4. The maximum absolute atomic E-state index is 13.5. The average Bonchev–Trinajstić information content (AvgIpc) is 2.79. The van der Waals surface area contributed by atoms with Crippen molar-refractivity contribution in [1.82, 2.24) is 10.2 Å². The first-order valence-corrected chi connectivity index (χ1v) is 13.5. The Labute approximate surface area is 204 Å². The van der Waals surface area contributed by atoms with Gasteiger partial charge in [0.15, 0.2) is 0 Å². The van der Waals surface area contributed by atoms with E-state index >= 15 is 0 Å². The fourth-order valence-corrected chi connectivity index (χ4v) is 4.42. The normalized spacial score (nSPS) is 13.1. The van der Waals surface area contributed by atoms with E-state index in [4.69, 9.17) is 0 Å². The molecule has 0 aromatic heterocycles. The minimum absolute atomic E-state index is 0.0320. The number of carbonyl (C=O) groups excluding carboxylic acids is 2. The van der Waals surface area contributed by atoms with E-state index in [0.29, 0.717) is 5.69 Å². The van der Waals surface area contributed by atoms with E-state index in [1.807, 2.05) is 64.1 Å². The van der Waals surface area contributed by atoms with Crippen LogP contribution in [-0.2, 0) is 32.6 Å². The molecule has 2 aromatic carbocycles. The summed E-state index contributed by atoms with van der Waals surface area (Å²) in [4.78, 5) is 27.9. The Morgan fingerprint density at radius 2 is 1.65 bits per heavy atom. The number of hydrogen-bond donors (Lipinski definition) is 1. The first-order chi connectivity index (χ1) is 16.0. The SMILES string of the molecule is CCc1ccc(N(CC(=O)N(Cc2cccc(C)c2)[C@@H](C)C(=O)N[C@H](C)CC)S(C)(=O)=O)cc1. The van der Waals surface area contributed by atoms with E-state index in [0.717, 1.165) is 40.1 Å². The number of nitrogens with one attached hydrogen (secondary N) is 1. The molecule has 0 fully saturated rings. The summed E-state index contributed by atoms with van der Waals surface area (Å²) in [6.07, 6.45) is 2.67. The zero-order valence-corrected chi connectivity index (χ0v) is 21.9. The predicted molar refractivity (Wildman–Crippen MR) is 137 cm³/mol. The van der Waals surface area contributed by atoms with Crippen molar-refractivity contribution in [2.24, 2.45) is 0 Å². The lowest BCUT2D eigenvalue weighted by Gasteiger charge is -2.32. The Morgan fingerprint density at radius 3 is 2.18 bits per heavy atom. The standard InChI is InChI=1S/C26H37N3O4S/c1-7-20(4)27-26(31)21(5)28(17-23-11-9-10-19(3)16-23)25(30)18-29(34(6,32)33)24-14-12-22(8-2)13-15-24/h9-16,20-21H,7-8,17-18H2,1-6H3,(H,27,31)/t20-,21+/m1/s1. The van der Waals surface area contributed by atoms with Gasteiger partial charge in [-0.2, -0.15) is 0 Å². The van der Waals surface area contributed by atoms with Gasteiger partial charge in [0.25, 0.3) is 0 Å². The van der Waals surface area contributed by atoms with E-state index in [-0.39, 0.29) is 18.5 Å². The summed E-state index contributed by atoms with van der Waals surface area (Å²) in [5.41, 5.74) is 3.39. The van der Waals surface area contributed by atoms with Crippen molar-refractivity contribution >= 4 is 27.5 Å². The molecule has 0 unspecified atom stereocenters. The Hall–Kier alpha value is -2.87. The predicted octanol–water partition coefficient (Wildman–Crippen LogP) is 3.66. The van der Waals surface area contributed by atoms with Crippen LogP contribution in [0.2, 0.25) is 0 Å². The van der Waals surface area contributed by atoms with Crippen LogP contribution in [0, 0.1) is 6.92 Å². The van der Waals surface area contributed by atoms with Crippen LogP contribution in [0.1, 0.15) is 50.8 Å². The summed E-state index contributed by atoms with van der Waals surface area (Å²) in [5, 5.41) is 2.93. The van der Waals surface area contributed by atoms with Crippen LogP contribution in [0.4, 0.5) is 5.69 Å². The molecule has 0 heterocycles. The number of sulfonamides is 1. The molecule has 0 aliphatic carbocycles. The molecule has 8 heteroatoms. The number of hydrogen-bond acceptors (Lipinski definition) is 4. The number of carbonyl (C=O) groups is 2. The molecule has 0 saturated carbocycles. The fourth-order valence-electron chi connectivity index (χ4n) is 3.57. The molecule has 1 N–H and O–H groups in total. The average molecular weight is 488 g/mol. The summed E-state index contributed by atoms with van der Waals surface area (Å²) in [5.74, 6) is -0.716. The van der Waals surface area contributed by atoms with Crippen LogP contribution in [0.15, 0.2) is 48.5 Å². The van der Waals surface area contributed by atoms with Crippen molar-refractivity contribution in [2.45, 2.75) is 66.1 Å². The molecule has 0 aliphatic rings. The maximum atomic E-state index is 13.5. The van der Waals surface area contributed by atoms with Crippen LogP contribution >= 0.6 is 0 Å². The van der Waals surface area contributed by atoms with Crippen molar-refractivity contribution in [3.63, 3.8) is 0 Å². The molecule has 2 rings (SSSR count). The van der Waals surface area contributed by atoms with Gasteiger partial charge in [0, 0.05) is 12.6 Å². The molecule has 2 amide bonds. The lowest BCUT2D eigenvalue weighted by atomic mass is 10.1. The molecule has 186 valence electrons. The molecule has 0 aliphatic heterocycles. The third kappa shape index (κ3) is 7.58. The zero-order chi connectivity index (χ0) is 25.5. The minimum atomic E-state index is -3.73. The van der Waals surface area contributed by atoms with Crippen LogP contribution in [0.25, 0.3) is 0 Å². The van der Waals surface area contributed by atoms with E-state index in [9.17, 15) is 18.0 Å². The molecular weight excluding hydrogens is 450 g/mol. The number of amides is 2. The summed E-state index contributed by atoms with van der Waals surface area (Å²) in [7, 11) is -3.73. The third-order valence-corrected chi connectivity index (χ3v) is 7.06.